The molecule has 0 saturated carbocycles. The molecule has 1 aromatic heterocycles. The second kappa shape index (κ2) is 3.52. The number of ether oxygens (including phenoxy) is 1. The Hall–Kier alpha value is -1.59. The van der Waals surface area contributed by atoms with Gasteiger partial charge in [0.2, 0.25) is 0 Å². The Morgan fingerprint density at radius 2 is 1.73 bits per heavy atom. The second-order valence-electron chi connectivity index (χ2n) is 4.29. The van der Waals surface area contributed by atoms with E-state index < -0.39 is 16.9 Å². The Morgan fingerprint density at radius 1 is 1.20 bits per heavy atom. The molecule has 0 aliphatic rings. The molecular weight excluding hydrogens is 198 g/mol. The summed E-state index contributed by atoms with van der Waals surface area (Å²) in [5, 5.41) is 3.77. The second-order valence-corrected chi connectivity index (χ2v) is 4.29. The van der Waals surface area contributed by atoms with Gasteiger partial charge in [-0.1, -0.05) is 0 Å². The van der Waals surface area contributed by atoms with E-state index in [1.54, 1.807) is 20.8 Å². The first kappa shape index (κ1) is 11.5. The van der Waals surface area contributed by atoms with Crippen LogP contribution in [0.4, 0.5) is 0 Å². The van der Waals surface area contributed by atoms with Gasteiger partial charge in [0.15, 0.2) is 0 Å². The number of hydrogen-bond donors (Lipinski definition) is 0. The minimum atomic E-state index is -0.520. The summed E-state index contributed by atoms with van der Waals surface area (Å²) in [4.78, 5) is 22.9. The number of nitrogens with zero attached hydrogens (tertiary/aromatic N) is 3. The number of aromatic nitrogens is 3. The maximum Gasteiger partial charge on any atom is 0.347 e. The van der Waals surface area contributed by atoms with E-state index in [1.807, 2.05) is 0 Å². The minimum Gasteiger partial charge on any atom is -0.467 e. The predicted octanol–water partition coefficient (Wildman–Crippen LogP) is -0.344. The summed E-state index contributed by atoms with van der Waals surface area (Å²) in [6, 6.07) is 0. The lowest BCUT2D eigenvalue weighted by atomic mass is 10.2. The molecule has 0 atom stereocenters. The molecule has 0 amide bonds. The van der Waals surface area contributed by atoms with Crippen molar-refractivity contribution in [2.75, 3.05) is 0 Å². The molecule has 0 fully saturated rings. The molecule has 0 unspecified atom stereocenters. The minimum absolute atomic E-state index is 0.0629. The molecule has 0 aliphatic carbocycles. The topological polar surface area (TPSA) is 66.1 Å². The highest BCUT2D eigenvalue weighted by molar-refractivity contribution is 5.02. The molecule has 0 radical (unpaired) electrons. The smallest absolute Gasteiger partial charge is 0.347 e. The maximum atomic E-state index is 11.6. The lowest BCUT2D eigenvalue weighted by molar-refractivity contribution is 0.116. The molecule has 0 N–H and O–H groups in total. The van der Waals surface area contributed by atoms with Crippen LogP contribution in [0, 0.1) is 0 Å². The summed E-state index contributed by atoms with van der Waals surface area (Å²) in [5.74, 6) is -0.0629. The fraction of sp³-hybridized carbons (Fsp3) is 0.667. The van der Waals surface area contributed by atoms with E-state index in [2.05, 4.69) is 5.10 Å². The number of rotatable bonds is 1. The Labute approximate surface area is 87.1 Å². The van der Waals surface area contributed by atoms with Crippen molar-refractivity contribution >= 4 is 0 Å². The number of aryl methyl sites for hydroxylation is 1. The van der Waals surface area contributed by atoms with Crippen LogP contribution in [-0.4, -0.2) is 19.9 Å². The average molecular weight is 213 g/mol. The zero-order chi connectivity index (χ0) is 11.8. The average Bonchev–Trinajstić information content (AvgIpc) is 2.08. The van der Waals surface area contributed by atoms with E-state index in [1.165, 1.54) is 14.1 Å². The quantitative estimate of drug-likeness (QED) is 0.640. The van der Waals surface area contributed by atoms with Gasteiger partial charge >= 0.3 is 11.2 Å². The molecule has 1 heterocycles. The molecule has 6 nitrogen and oxygen atoms in total. The van der Waals surface area contributed by atoms with Gasteiger partial charge in [-0.05, 0) is 20.8 Å². The van der Waals surface area contributed by atoms with Crippen molar-refractivity contribution in [2.45, 2.75) is 26.4 Å². The van der Waals surface area contributed by atoms with Crippen LogP contribution in [0.1, 0.15) is 20.8 Å². The summed E-state index contributed by atoms with van der Waals surface area (Å²) in [7, 11) is 2.86. The van der Waals surface area contributed by atoms with Crippen molar-refractivity contribution in [1.82, 2.24) is 14.3 Å². The van der Waals surface area contributed by atoms with Crippen molar-refractivity contribution in [1.29, 1.82) is 0 Å². The SMILES string of the molecule is Cn1nc(OC(C)(C)C)c(=O)n(C)c1=O. The molecule has 15 heavy (non-hydrogen) atoms. The molecule has 0 aliphatic heterocycles. The van der Waals surface area contributed by atoms with Crippen molar-refractivity contribution < 1.29 is 4.74 Å². The zero-order valence-corrected chi connectivity index (χ0v) is 9.57. The van der Waals surface area contributed by atoms with Gasteiger partial charge in [-0.15, -0.1) is 5.10 Å². The first-order valence-electron chi connectivity index (χ1n) is 4.56. The van der Waals surface area contributed by atoms with Crippen molar-refractivity contribution in [3.63, 3.8) is 0 Å². The summed E-state index contributed by atoms with van der Waals surface area (Å²) < 4.78 is 7.38. The summed E-state index contributed by atoms with van der Waals surface area (Å²) >= 11 is 0. The molecule has 0 spiro atoms. The first-order valence-corrected chi connectivity index (χ1v) is 4.56. The van der Waals surface area contributed by atoms with Crippen molar-refractivity contribution in [3.05, 3.63) is 20.8 Å². The lowest BCUT2D eigenvalue weighted by Gasteiger charge is -2.19. The zero-order valence-electron chi connectivity index (χ0n) is 9.57. The van der Waals surface area contributed by atoms with Gasteiger partial charge in [-0.25, -0.2) is 9.48 Å². The largest absolute Gasteiger partial charge is 0.467 e. The van der Waals surface area contributed by atoms with E-state index in [4.69, 9.17) is 4.74 Å². The standard InChI is InChI=1S/C9H15N3O3/c1-9(2,3)15-6-7(13)11(4)8(14)12(5)10-6/h1-5H3. The molecule has 6 heteroatoms. The van der Waals surface area contributed by atoms with Crippen LogP contribution in [-0.2, 0) is 14.1 Å². The summed E-state index contributed by atoms with van der Waals surface area (Å²) in [5.41, 5.74) is -1.51. The Balaban J connectivity index is 3.34. The first-order chi connectivity index (χ1) is 6.72. The normalized spacial score (nSPS) is 11.5. The van der Waals surface area contributed by atoms with Crippen LogP contribution in [0.5, 0.6) is 5.88 Å². The van der Waals surface area contributed by atoms with Gasteiger partial charge in [-0.2, -0.15) is 0 Å². The van der Waals surface area contributed by atoms with Crippen molar-refractivity contribution in [3.8, 4) is 5.88 Å². The van der Waals surface area contributed by atoms with Gasteiger partial charge in [0.1, 0.15) is 5.60 Å². The predicted molar refractivity (Wildman–Crippen MR) is 55.1 cm³/mol. The Morgan fingerprint density at radius 3 is 2.20 bits per heavy atom. The van der Waals surface area contributed by atoms with Crippen LogP contribution >= 0.6 is 0 Å². The van der Waals surface area contributed by atoms with Crippen LogP contribution in [0.25, 0.3) is 0 Å². The number of hydrogen-bond acceptors (Lipinski definition) is 4. The monoisotopic (exact) mass is 213 g/mol. The molecule has 1 aromatic rings. The van der Waals surface area contributed by atoms with E-state index in [-0.39, 0.29) is 5.88 Å². The summed E-state index contributed by atoms with van der Waals surface area (Å²) in [6.07, 6.45) is 0. The van der Waals surface area contributed by atoms with Crippen LogP contribution < -0.4 is 16.0 Å². The highest BCUT2D eigenvalue weighted by atomic mass is 16.5. The molecule has 0 saturated heterocycles. The third-order valence-electron chi connectivity index (χ3n) is 1.70. The van der Waals surface area contributed by atoms with E-state index in [9.17, 15) is 9.59 Å². The summed E-state index contributed by atoms with van der Waals surface area (Å²) in [6.45, 7) is 5.41. The fourth-order valence-electron chi connectivity index (χ4n) is 1.02. The van der Waals surface area contributed by atoms with Crippen molar-refractivity contribution in [2.24, 2.45) is 14.1 Å². The third kappa shape index (κ3) is 2.45. The Bertz CT molecular complexity index is 479. The lowest BCUT2D eigenvalue weighted by Crippen LogP contribution is -2.41. The van der Waals surface area contributed by atoms with Crippen LogP contribution in [0.3, 0.4) is 0 Å². The van der Waals surface area contributed by atoms with Crippen LogP contribution in [0.15, 0.2) is 9.59 Å². The van der Waals surface area contributed by atoms with Gasteiger partial charge in [0.05, 0.1) is 0 Å². The van der Waals surface area contributed by atoms with E-state index in [0.29, 0.717) is 0 Å². The van der Waals surface area contributed by atoms with Gasteiger partial charge in [0, 0.05) is 14.1 Å². The molecule has 0 bridgehead atoms. The van der Waals surface area contributed by atoms with Gasteiger partial charge < -0.3 is 4.74 Å². The molecule has 0 aromatic carbocycles. The van der Waals surface area contributed by atoms with Crippen LogP contribution in [0.2, 0.25) is 0 Å². The fourth-order valence-corrected chi connectivity index (χ4v) is 1.02. The van der Waals surface area contributed by atoms with E-state index >= 15 is 0 Å². The highest BCUT2D eigenvalue weighted by Gasteiger charge is 2.17. The molecule has 1 rings (SSSR count). The maximum absolute atomic E-state index is 11.6. The van der Waals surface area contributed by atoms with E-state index in [0.717, 1.165) is 9.25 Å². The third-order valence-corrected chi connectivity index (χ3v) is 1.70. The van der Waals surface area contributed by atoms with Gasteiger partial charge in [0.25, 0.3) is 5.88 Å². The Kier molecular flexibility index (Phi) is 2.70. The molecular formula is C9H15N3O3. The highest BCUT2D eigenvalue weighted by Crippen LogP contribution is 2.08. The molecule has 84 valence electrons. The van der Waals surface area contributed by atoms with Gasteiger partial charge in [-0.3, -0.25) is 9.36 Å².